The van der Waals surface area contributed by atoms with E-state index in [-0.39, 0.29) is 23.7 Å². The van der Waals surface area contributed by atoms with Gasteiger partial charge in [-0.2, -0.15) is 4.98 Å². The molecule has 29 heavy (non-hydrogen) atoms. The summed E-state index contributed by atoms with van der Waals surface area (Å²) in [4.78, 5) is 23.0. The Bertz CT molecular complexity index is 840. The topological polar surface area (TPSA) is 153 Å². The van der Waals surface area contributed by atoms with Crippen molar-refractivity contribution in [3.05, 3.63) is 16.7 Å². The molecule has 4 atom stereocenters. The number of anilines is 1. The number of aromatic amines is 1. The zero-order valence-corrected chi connectivity index (χ0v) is 16.9. The summed E-state index contributed by atoms with van der Waals surface area (Å²) in [6, 6.07) is 0. The molecule has 0 aliphatic carbocycles. The highest BCUT2D eigenvalue weighted by molar-refractivity contribution is 5.70. The molecule has 3 heterocycles. The van der Waals surface area contributed by atoms with Crippen LogP contribution in [0.2, 0.25) is 0 Å². The molecule has 2 aromatic rings. The van der Waals surface area contributed by atoms with Gasteiger partial charge in [0.25, 0.3) is 5.56 Å². The van der Waals surface area contributed by atoms with Crippen LogP contribution in [0.4, 0.5) is 5.95 Å². The SMILES string of the molecule is COC[C@H]1O[C@@H](n2cnc3c(=O)[nH]c(N)nc32)[C@@H](OCCCCCCN)C1OC. The van der Waals surface area contributed by atoms with Gasteiger partial charge in [-0.3, -0.25) is 14.3 Å². The average Bonchev–Trinajstić information content (AvgIpc) is 3.26. The van der Waals surface area contributed by atoms with E-state index in [0.717, 1.165) is 25.7 Å². The van der Waals surface area contributed by atoms with E-state index in [1.807, 2.05) is 0 Å². The summed E-state index contributed by atoms with van der Waals surface area (Å²) in [5, 5.41) is 0. The Hall–Kier alpha value is -2.05. The molecule has 1 aliphatic rings. The summed E-state index contributed by atoms with van der Waals surface area (Å²) in [5.74, 6) is 0.0105. The summed E-state index contributed by atoms with van der Waals surface area (Å²) in [5.41, 5.74) is 11.4. The lowest BCUT2D eigenvalue weighted by Gasteiger charge is -2.24. The molecule has 0 amide bonds. The summed E-state index contributed by atoms with van der Waals surface area (Å²) in [7, 11) is 3.22. The van der Waals surface area contributed by atoms with Crippen molar-refractivity contribution >= 4 is 17.1 Å². The maximum Gasteiger partial charge on any atom is 0.280 e. The smallest absolute Gasteiger partial charge is 0.280 e. The van der Waals surface area contributed by atoms with Crippen molar-refractivity contribution in [1.29, 1.82) is 0 Å². The van der Waals surface area contributed by atoms with Crippen LogP contribution in [0.5, 0.6) is 0 Å². The highest BCUT2D eigenvalue weighted by Crippen LogP contribution is 2.35. The number of nitrogens with two attached hydrogens (primary N) is 2. The lowest BCUT2D eigenvalue weighted by atomic mass is 10.1. The zero-order valence-electron chi connectivity index (χ0n) is 16.9. The number of aromatic nitrogens is 4. The van der Waals surface area contributed by atoms with E-state index < -0.39 is 17.9 Å². The third-order valence-corrected chi connectivity index (χ3v) is 5.02. The van der Waals surface area contributed by atoms with Crippen LogP contribution < -0.4 is 17.0 Å². The van der Waals surface area contributed by atoms with E-state index in [1.165, 1.54) is 6.33 Å². The van der Waals surface area contributed by atoms with Crippen LogP contribution in [0.3, 0.4) is 0 Å². The second-order valence-electron chi connectivity index (χ2n) is 7.03. The van der Waals surface area contributed by atoms with Crippen molar-refractivity contribution in [3.8, 4) is 0 Å². The normalized spacial score (nSPS) is 24.5. The van der Waals surface area contributed by atoms with Crippen LogP contribution in [-0.2, 0) is 18.9 Å². The van der Waals surface area contributed by atoms with Crippen LogP contribution >= 0.6 is 0 Å². The Morgan fingerprint density at radius 3 is 2.76 bits per heavy atom. The maximum atomic E-state index is 12.1. The molecule has 3 rings (SSSR count). The number of nitrogens with zero attached hydrogens (tertiary/aromatic N) is 3. The molecule has 1 aliphatic heterocycles. The molecular weight excluding hydrogens is 380 g/mol. The molecule has 162 valence electrons. The second kappa shape index (κ2) is 10.1. The standard InChI is InChI=1S/C18H30N6O5/c1-26-9-11-13(27-2)14(28-8-6-4-3-5-7-19)17(29-11)24-10-21-12-15(24)22-18(20)23-16(12)25/h10-11,13-14,17H,3-9,19H2,1-2H3,(H3,20,22,23,25)/t11-,13?,14+,17-/m1/s1. The number of methoxy groups -OCH3 is 2. The van der Waals surface area contributed by atoms with Crippen LogP contribution in [0.1, 0.15) is 31.9 Å². The van der Waals surface area contributed by atoms with Gasteiger partial charge in [0.2, 0.25) is 5.95 Å². The van der Waals surface area contributed by atoms with Crippen molar-refractivity contribution in [3.63, 3.8) is 0 Å². The van der Waals surface area contributed by atoms with Crippen LogP contribution in [0.25, 0.3) is 11.2 Å². The van der Waals surface area contributed by atoms with Gasteiger partial charge in [-0.1, -0.05) is 12.8 Å². The van der Waals surface area contributed by atoms with Gasteiger partial charge in [0.1, 0.15) is 18.3 Å². The molecule has 0 saturated carbocycles. The number of nitrogens with one attached hydrogen (secondary N) is 1. The summed E-state index contributed by atoms with van der Waals surface area (Å²) in [6.45, 7) is 1.60. The maximum absolute atomic E-state index is 12.1. The molecule has 1 fully saturated rings. The van der Waals surface area contributed by atoms with Crippen molar-refractivity contribution in [2.45, 2.75) is 50.2 Å². The number of unbranched alkanes of at least 4 members (excludes halogenated alkanes) is 3. The van der Waals surface area contributed by atoms with Gasteiger partial charge in [-0.05, 0) is 19.4 Å². The van der Waals surface area contributed by atoms with Gasteiger partial charge in [0.05, 0.1) is 12.9 Å². The van der Waals surface area contributed by atoms with Crippen LogP contribution in [-0.4, -0.2) is 71.8 Å². The molecule has 11 heteroatoms. The number of hydrogen-bond acceptors (Lipinski definition) is 9. The summed E-state index contributed by atoms with van der Waals surface area (Å²) < 4.78 is 25.0. The Morgan fingerprint density at radius 2 is 2.03 bits per heavy atom. The minimum absolute atomic E-state index is 0.0105. The van der Waals surface area contributed by atoms with Gasteiger partial charge >= 0.3 is 0 Å². The molecular formula is C18H30N6O5. The lowest BCUT2D eigenvalue weighted by molar-refractivity contribution is -0.0742. The van der Waals surface area contributed by atoms with Crippen LogP contribution in [0.15, 0.2) is 11.1 Å². The fourth-order valence-corrected chi connectivity index (χ4v) is 3.64. The second-order valence-corrected chi connectivity index (χ2v) is 7.03. The first-order valence-electron chi connectivity index (χ1n) is 9.81. The quantitative estimate of drug-likeness (QED) is 0.440. The van der Waals surface area contributed by atoms with Crippen molar-refractivity contribution in [2.24, 2.45) is 5.73 Å². The molecule has 0 radical (unpaired) electrons. The van der Waals surface area contributed by atoms with Gasteiger partial charge in [-0.15, -0.1) is 0 Å². The monoisotopic (exact) mass is 410 g/mol. The zero-order chi connectivity index (χ0) is 20.8. The Morgan fingerprint density at radius 1 is 1.24 bits per heavy atom. The lowest BCUT2D eigenvalue weighted by Crippen LogP contribution is -2.37. The Kier molecular flexibility index (Phi) is 7.56. The van der Waals surface area contributed by atoms with E-state index >= 15 is 0 Å². The number of hydrogen-bond donors (Lipinski definition) is 3. The number of imidazole rings is 1. The van der Waals surface area contributed by atoms with Crippen LogP contribution in [0, 0.1) is 0 Å². The molecule has 11 nitrogen and oxygen atoms in total. The van der Waals surface area contributed by atoms with E-state index in [2.05, 4.69) is 15.0 Å². The highest BCUT2D eigenvalue weighted by Gasteiger charge is 2.47. The number of ether oxygens (including phenoxy) is 4. The van der Waals surface area contributed by atoms with Gasteiger partial charge < -0.3 is 30.4 Å². The fraction of sp³-hybridized carbons (Fsp3) is 0.722. The van der Waals surface area contributed by atoms with Crippen molar-refractivity contribution in [1.82, 2.24) is 19.5 Å². The Labute approximate surface area is 168 Å². The molecule has 1 saturated heterocycles. The number of fused-ring (bicyclic) bond motifs is 1. The summed E-state index contributed by atoms with van der Waals surface area (Å²) in [6.07, 6.45) is 3.85. The largest absolute Gasteiger partial charge is 0.382 e. The van der Waals surface area contributed by atoms with E-state index in [4.69, 9.17) is 30.4 Å². The third kappa shape index (κ3) is 4.75. The number of H-pyrrole nitrogens is 1. The fourth-order valence-electron chi connectivity index (χ4n) is 3.64. The predicted molar refractivity (Wildman–Crippen MR) is 106 cm³/mol. The highest BCUT2D eigenvalue weighted by atomic mass is 16.6. The van der Waals surface area contributed by atoms with Gasteiger partial charge in [0.15, 0.2) is 17.4 Å². The molecule has 5 N–H and O–H groups in total. The van der Waals surface area contributed by atoms with Gasteiger partial charge in [-0.25, -0.2) is 4.98 Å². The summed E-state index contributed by atoms with van der Waals surface area (Å²) >= 11 is 0. The molecule has 2 aromatic heterocycles. The molecule has 0 aromatic carbocycles. The van der Waals surface area contributed by atoms with Crippen molar-refractivity contribution in [2.75, 3.05) is 39.7 Å². The average molecular weight is 410 g/mol. The first-order chi connectivity index (χ1) is 14.1. The molecule has 0 spiro atoms. The number of rotatable bonds is 11. The first-order valence-corrected chi connectivity index (χ1v) is 9.81. The molecule has 0 bridgehead atoms. The van der Waals surface area contributed by atoms with Crippen molar-refractivity contribution < 1.29 is 18.9 Å². The first kappa shape index (κ1) is 21.7. The number of nitrogen functional groups attached to an aromatic ring is 1. The third-order valence-electron chi connectivity index (χ3n) is 5.02. The predicted octanol–water partition coefficient (Wildman–Crippen LogP) is 0.165. The van der Waals surface area contributed by atoms with Gasteiger partial charge in [0, 0.05) is 20.8 Å². The molecule has 1 unspecified atom stereocenters. The van der Waals surface area contributed by atoms with E-state index in [1.54, 1.807) is 18.8 Å². The minimum atomic E-state index is -0.581. The van der Waals surface area contributed by atoms with E-state index in [9.17, 15) is 4.79 Å². The Balaban J connectivity index is 1.83. The van der Waals surface area contributed by atoms with E-state index in [0.29, 0.717) is 25.4 Å². The minimum Gasteiger partial charge on any atom is -0.382 e.